The molecule has 5 rings (SSSR count). The first kappa shape index (κ1) is 18.7. The molecule has 0 aromatic heterocycles. The monoisotopic (exact) mass is 389 g/mol. The predicted octanol–water partition coefficient (Wildman–Crippen LogP) is 4.33. The maximum atomic E-state index is 13.8. The normalized spacial score (nSPS) is 20.2. The Balaban J connectivity index is 1.38. The molecule has 2 aliphatic carbocycles. The van der Waals surface area contributed by atoms with E-state index >= 15 is 0 Å². The van der Waals surface area contributed by atoms with Crippen molar-refractivity contribution >= 4 is 17.3 Å². The molecule has 4 nitrogen and oxygen atoms in total. The molecule has 3 aliphatic rings. The molecule has 4 heteroatoms. The van der Waals surface area contributed by atoms with E-state index in [-0.39, 0.29) is 5.91 Å². The zero-order chi connectivity index (χ0) is 20.0. The van der Waals surface area contributed by atoms with Gasteiger partial charge in [0.1, 0.15) is 0 Å². The molecule has 0 bridgehead atoms. The lowest BCUT2D eigenvalue weighted by Crippen LogP contribution is -2.63. The molecule has 0 radical (unpaired) electrons. The maximum Gasteiger partial charge on any atom is 0.247 e. The van der Waals surface area contributed by atoms with Gasteiger partial charge >= 0.3 is 0 Å². The minimum absolute atomic E-state index is 0.261. The van der Waals surface area contributed by atoms with Crippen LogP contribution in [0.2, 0.25) is 0 Å². The lowest BCUT2D eigenvalue weighted by molar-refractivity contribution is -0.128. The average molecular weight is 390 g/mol. The highest BCUT2D eigenvalue weighted by molar-refractivity contribution is 6.04. The van der Waals surface area contributed by atoms with Crippen LogP contribution >= 0.6 is 0 Å². The summed E-state index contributed by atoms with van der Waals surface area (Å²) in [6.45, 7) is 6.77. The number of rotatable bonds is 5. The first-order valence-corrected chi connectivity index (χ1v) is 11.1. The summed E-state index contributed by atoms with van der Waals surface area (Å²) in [5, 5.41) is 3.69. The fourth-order valence-corrected chi connectivity index (χ4v) is 4.87. The molecule has 29 heavy (non-hydrogen) atoms. The van der Waals surface area contributed by atoms with E-state index in [1.807, 2.05) is 0 Å². The Labute approximate surface area is 173 Å². The van der Waals surface area contributed by atoms with Crippen LogP contribution in [0.1, 0.15) is 48.8 Å². The number of amides is 1. The van der Waals surface area contributed by atoms with Crippen LogP contribution in [0.5, 0.6) is 0 Å². The molecular formula is C25H31N3O. The van der Waals surface area contributed by atoms with Crippen LogP contribution in [-0.2, 0) is 11.3 Å². The first-order chi connectivity index (χ1) is 14.1. The number of nitrogens with one attached hydrogen (secondary N) is 1. The molecule has 0 atom stereocenters. The summed E-state index contributed by atoms with van der Waals surface area (Å²) in [5.41, 5.74) is 5.77. The second-order valence-electron chi connectivity index (χ2n) is 9.09. The molecule has 2 aromatic rings. The molecule has 1 aliphatic heterocycles. The lowest BCUT2D eigenvalue weighted by atomic mass is 9.75. The second-order valence-corrected chi connectivity index (χ2v) is 9.09. The number of fused-ring (bicyclic) bond motifs is 1. The number of nitrogens with zero attached hydrogens (tertiary/aromatic N) is 2. The van der Waals surface area contributed by atoms with E-state index in [9.17, 15) is 4.79 Å². The van der Waals surface area contributed by atoms with E-state index in [4.69, 9.17) is 0 Å². The predicted molar refractivity (Wildman–Crippen MR) is 119 cm³/mol. The van der Waals surface area contributed by atoms with Gasteiger partial charge in [0, 0.05) is 25.7 Å². The fraction of sp³-hybridized carbons (Fsp3) is 0.480. The third-order valence-corrected chi connectivity index (χ3v) is 7.02. The number of aryl methyl sites for hydroxylation is 2. The van der Waals surface area contributed by atoms with Crippen molar-refractivity contribution in [1.82, 2.24) is 5.32 Å². The number of hydrogen-bond donors (Lipinski definition) is 1. The molecular weight excluding hydrogens is 358 g/mol. The molecule has 1 heterocycles. The number of benzene rings is 2. The summed E-state index contributed by atoms with van der Waals surface area (Å²) in [5.74, 6) is 0.261. The van der Waals surface area contributed by atoms with Crippen molar-refractivity contribution in [3.8, 4) is 0 Å². The van der Waals surface area contributed by atoms with Gasteiger partial charge in [-0.25, -0.2) is 0 Å². The van der Waals surface area contributed by atoms with Crippen LogP contribution in [0, 0.1) is 13.8 Å². The van der Waals surface area contributed by atoms with E-state index in [0.717, 1.165) is 44.6 Å². The number of para-hydroxylation sites is 2. The Morgan fingerprint density at radius 2 is 1.83 bits per heavy atom. The summed E-state index contributed by atoms with van der Waals surface area (Å²) < 4.78 is 0. The Bertz CT molecular complexity index is 929. The van der Waals surface area contributed by atoms with Crippen molar-refractivity contribution in [3.63, 3.8) is 0 Å². The molecule has 1 N–H and O–H groups in total. The Kier molecular flexibility index (Phi) is 4.62. The molecule has 2 saturated carbocycles. The van der Waals surface area contributed by atoms with E-state index < -0.39 is 5.54 Å². The molecule has 0 spiro atoms. The van der Waals surface area contributed by atoms with Gasteiger partial charge in [0.05, 0.1) is 16.9 Å². The van der Waals surface area contributed by atoms with Crippen LogP contribution in [-0.4, -0.2) is 30.6 Å². The van der Waals surface area contributed by atoms with Gasteiger partial charge in [-0.1, -0.05) is 35.9 Å². The largest absolute Gasteiger partial charge is 0.365 e. The van der Waals surface area contributed by atoms with Crippen LogP contribution in [0.3, 0.4) is 0 Å². The van der Waals surface area contributed by atoms with Gasteiger partial charge < -0.3 is 9.80 Å². The third-order valence-electron chi connectivity index (χ3n) is 7.02. The molecule has 2 aromatic carbocycles. The molecule has 2 fully saturated rings. The number of anilines is 2. The molecule has 1 amide bonds. The maximum absolute atomic E-state index is 13.8. The van der Waals surface area contributed by atoms with Crippen LogP contribution < -0.4 is 15.1 Å². The number of carbonyl (C=O) groups is 1. The fourth-order valence-electron chi connectivity index (χ4n) is 4.87. The lowest BCUT2D eigenvalue weighted by Gasteiger charge is -2.47. The van der Waals surface area contributed by atoms with Gasteiger partial charge in [-0.15, -0.1) is 0 Å². The Morgan fingerprint density at radius 1 is 1.07 bits per heavy atom. The van der Waals surface area contributed by atoms with Gasteiger partial charge in [-0.05, 0) is 69.2 Å². The van der Waals surface area contributed by atoms with Crippen molar-refractivity contribution in [3.05, 3.63) is 59.2 Å². The summed E-state index contributed by atoms with van der Waals surface area (Å²) in [6.07, 6.45) is 5.55. The summed E-state index contributed by atoms with van der Waals surface area (Å²) in [7, 11) is 0. The van der Waals surface area contributed by atoms with Gasteiger partial charge in [0.15, 0.2) is 0 Å². The quantitative estimate of drug-likeness (QED) is 0.827. The van der Waals surface area contributed by atoms with Crippen molar-refractivity contribution in [2.75, 3.05) is 22.9 Å². The van der Waals surface area contributed by atoms with Gasteiger partial charge in [0.2, 0.25) is 5.91 Å². The smallest absolute Gasteiger partial charge is 0.247 e. The van der Waals surface area contributed by atoms with E-state index in [0.29, 0.717) is 6.04 Å². The summed E-state index contributed by atoms with van der Waals surface area (Å²) >= 11 is 0. The van der Waals surface area contributed by atoms with E-state index in [1.54, 1.807) is 0 Å². The van der Waals surface area contributed by atoms with Crippen molar-refractivity contribution in [2.24, 2.45) is 0 Å². The first-order valence-electron chi connectivity index (χ1n) is 11.1. The molecule has 152 valence electrons. The minimum atomic E-state index is -0.412. The average Bonchev–Trinajstić information content (AvgIpc) is 3.54. The minimum Gasteiger partial charge on any atom is -0.365 e. The number of carbonyl (C=O) groups excluding carboxylic acids is 1. The zero-order valence-corrected chi connectivity index (χ0v) is 17.6. The van der Waals surface area contributed by atoms with Gasteiger partial charge in [0.25, 0.3) is 0 Å². The highest BCUT2D eigenvalue weighted by Gasteiger charge is 2.48. The topological polar surface area (TPSA) is 35.6 Å². The SMILES string of the molecule is Cc1ccc(C)c(CNC2(C(=O)N3CCN(C4CC4)c4ccccc43)CCC2)c1. The Morgan fingerprint density at radius 3 is 2.52 bits per heavy atom. The Hall–Kier alpha value is -2.33. The van der Waals surface area contributed by atoms with Crippen LogP contribution in [0.4, 0.5) is 11.4 Å². The van der Waals surface area contributed by atoms with E-state index in [2.05, 4.69) is 71.4 Å². The molecule has 0 unspecified atom stereocenters. The summed E-state index contributed by atoms with van der Waals surface area (Å²) in [4.78, 5) is 18.3. The van der Waals surface area contributed by atoms with Gasteiger partial charge in [-0.3, -0.25) is 10.1 Å². The van der Waals surface area contributed by atoms with Crippen LogP contribution in [0.15, 0.2) is 42.5 Å². The van der Waals surface area contributed by atoms with Crippen molar-refractivity contribution < 1.29 is 4.79 Å². The van der Waals surface area contributed by atoms with Crippen LogP contribution in [0.25, 0.3) is 0 Å². The zero-order valence-electron chi connectivity index (χ0n) is 17.6. The van der Waals surface area contributed by atoms with Gasteiger partial charge in [-0.2, -0.15) is 0 Å². The van der Waals surface area contributed by atoms with Crippen molar-refractivity contribution in [2.45, 2.75) is 64.1 Å². The number of hydrogen-bond acceptors (Lipinski definition) is 3. The standard InChI is InChI=1S/C25H31N3O/c1-18-8-9-19(2)20(16-18)17-26-25(12-5-13-25)24(29)28-15-14-27(21-10-11-21)22-6-3-4-7-23(22)28/h3-4,6-9,16,21,26H,5,10-15,17H2,1-2H3. The summed E-state index contributed by atoms with van der Waals surface area (Å²) in [6, 6.07) is 15.7. The third kappa shape index (κ3) is 3.33. The second kappa shape index (κ2) is 7.17. The molecule has 0 saturated heterocycles. The van der Waals surface area contributed by atoms with E-state index in [1.165, 1.54) is 35.2 Å². The van der Waals surface area contributed by atoms with Crippen molar-refractivity contribution in [1.29, 1.82) is 0 Å². The highest BCUT2D eigenvalue weighted by Crippen LogP contribution is 2.42. The highest BCUT2D eigenvalue weighted by atomic mass is 16.2.